The molecule has 21 heavy (non-hydrogen) atoms. The van der Waals surface area contributed by atoms with E-state index in [1.807, 2.05) is 6.07 Å². The van der Waals surface area contributed by atoms with Gasteiger partial charge < -0.3 is 0 Å². The Bertz CT molecular complexity index is 573. The normalized spacial score (nSPS) is 31.7. The summed E-state index contributed by atoms with van der Waals surface area (Å²) in [6, 6.07) is 5.99. The van der Waals surface area contributed by atoms with Crippen LogP contribution in [0.4, 0.5) is 4.39 Å². The maximum Gasteiger partial charge on any atom is 0.123 e. The second-order valence-corrected chi connectivity index (χ2v) is 7.31. The molecule has 1 fully saturated rings. The van der Waals surface area contributed by atoms with Gasteiger partial charge in [-0.15, -0.1) is 0 Å². The number of hydrogen-bond donors (Lipinski definition) is 0. The molecule has 0 N–H and O–H groups in total. The zero-order valence-corrected chi connectivity index (χ0v) is 13.6. The van der Waals surface area contributed by atoms with Crippen molar-refractivity contribution < 1.29 is 4.39 Å². The minimum Gasteiger partial charge on any atom is -0.296 e. The molecule has 0 saturated carbocycles. The van der Waals surface area contributed by atoms with E-state index >= 15 is 0 Å². The van der Waals surface area contributed by atoms with Crippen LogP contribution in [0.15, 0.2) is 29.8 Å². The van der Waals surface area contributed by atoms with Crippen molar-refractivity contribution in [2.24, 2.45) is 5.92 Å². The lowest BCUT2D eigenvalue weighted by Crippen LogP contribution is -2.57. The number of nitrogens with zero attached hydrogens (tertiary/aromatic N) is 1. The SMILES string of the molecule is CC(C)=CCN1CC[C@@]2(C)c3cc(F)ccc3C[C@@H]1[C@@H]2C. The zero-order valence-electron chi connectivity index (χ0n) is 13.6. The van der Waals surface area contributed by atoms with Gasteiger partial charge in [-0.25, -0.2) is 4.39 Å². The highest BCUT2D eigenvalue weighted by Gasteiger charge is 2.48. The van der Waals surface area contributed by atoms with E-state index in [0.717, 1.165) is 25.9 Å². The van der Waals surface area contributed by atoms with E-state index in [-0.39, 0.29) is 11.2 Å². The Morgan fingerprint density at radius 1 is 1.43 bits per heavy atom. The number of rotatable bonds is 2. The highest BCUT2D eigenvalue weighted by Crippen LogP contribution is 2.48. The minimum absolute atomic E-state index is 0.0902. The van der Waals surface area contributed by atoms with Gasteiger partial charge in [0.2, 0.25) is 0 Å². The zero-order chi connectivity index (χ0) is 15.2. The Balaban J connectivity index is 1.96. The summed E-state index contributed by atoms with van der Waals surface area (Å²) in [6.45, 7) is 11.2. The standard InChI is InChI=1S/C19H26FN/c1-13(2)7-9-21-10-8-19(4)14(3)18(21)11-15-5-6-16(20)12-17(15)19/h5-7,12,14,18H,8-11H2,1-4H3/t14-,18+,19+/m0/s1. The minimum atomic E-state index is -0.0902. The number of allylic oxidation sites excluding steroid dienone is 1. The molecule has 0 spiro atoms. The van der Waals surface area contributed by atoms with Gasteiger partial charge in [-0.3, -0.25) is 4.90 Å². The number of likely N-dealkylation sites (tertiary alicyclic amines) is 1. The molecule has 3 rings (SSSR count). The second-order valence-electron chi connectivity index (χ2n) is 7.31. The first kappa shape index (κ1) is 14.8. The second kappa shape index (κ2) is 5.24. The van der Waals surface area contributed by atoms with Crippen molar-refractivity contribution in [1.82, 2.24) is 4.90 Å². The molecule has 0 unspecified atom stereocenters. The van der Waals surface area contributed by atoms with Gasteiger partial charge in [0, 0.05) is 12.6 Å². The molecule has 1 aromatic rings. The van der Waals surface area contributed by atoms with Gasteiger partial charge in [-0.1, -0.05) is 31.6 Å². The third kappa shape index (κ3) is 2.44. The Hall–Kier alpha value is -1.15. The molecule has 1 aromatic carbocycles. The molecule has 2 bridgehead atoms. The van der Waals surface area contributed by atoms with E-state index < -0.39 is 0 Å². The molecule has 0 amide bonds. The summed E-state index contributed by atoms with van der Waals surface area (Å²) >= 11 is 0. The molecule has 2 aliphatic rings. The van der Waals surface area contributed by atoms with Crippen molar-refractivity contribution in [3.63, 3.8) is 0 Å². The van der Waals surface area contributed by atoms with Crippen LogP contribution in [0.25, 0.3) is 0 Å². The summed E-state index contributed by atoms with van der Waals surface area (Å²) in [7, 11) is 0. The van der Waals surface area contributed by atoms with Crippen molar-refractivity contribution in [1.29, 1.82) is 0 Å². The van der Waals surface area contributed by atoms with Crippen LogP contribution in [-0.2, 0) is 11.8 Å². The maximum absolute atomic E-state index is 13.7. The molecular weight excluding hydrogens is 261 g/mol. The van der Waals surface area contributed by atoms with Crippen LogP contribution in [0, 0.1) is 11.7 Å². The average molecular weight is 287 g/mol. The van der Waals surface area contributed by atoms with Gasteiger partial charge in [-0.2, -0.15) is 0 Å². The Morgan fingerprint density at radius 3 is 2.90 bits per heavy atom. The molecule has 0 radical (unpaired) electrons. The molecule has 114 valence electrons. The van der Waals surface area contributed by atoms with Gasteiger partial charge >= 0.3 is 0 Å². The Kier molecular flexibility index (Phi) is 3.69. The summed E-state index contributed by atoms with van der Waals surface area (Å²) in [6.07, 6.45) is 4.51. The van der Waals surface area contributed by atoms with Crippen molar-refractivity contribution in [2.45, 2.75) is 52.0 Å². The van der Waals surface area contributed by atoms with E-state index in [2.05, 4.69) is 38.7 Å². The van der Waals surface area contributed by atoms with Gasteiger partial charge in [0.05, 0.1) is 0 Å². The summed E-state index contributed by atoms with van der Waals surface area (Å²) < 4.78 is 13.7. The fourth-order valence-corrected chi connectivity index (χ4v) is 4.21. The monoisotopic (exact) mass is 287 g/mol. The molecular formula is C19H26FN. The van der Waals surface area contributed by atoms with E-state index in [0.29, 0.717) is 12.0 Å². The molecule has 1 saturated heterocycles. The summed E-state index contributed by atoms with van der Waals surface area (Å²) in [5, 5.41) is 0. The van der Waals surface area contributed by atoms with E-state index in [1.165, 1.54) is 16.7 Å². The number of halogens is 1. The van der Waals surface area contributed by atoms with Crippen LogP contribution in [-0.4, -0.2) is 24.0 Å². The van der Waals surface area contributed by atoms with Gasteiger partial charge in [0.1, 0.15) is 5.82 Å². The lowest BCUT2D eigenvalue weighted by molar-refractivity contribution is 0.0396. The summed E-state index contributed by atoms with van der Waals surface area (Å²) in [5.74, 6) is 0.485. The van der Waals surface area contributed by atoms with Crippen molar-refractivity contribution >= 4 is 0 Å². The van der Waals surface area contributed by atoms with E-state index in [4.69, 9.17) is 0 Å². The first-order valence-electron chi connectivity index (χ1n) is 8.08. The van der Waals surface area contributed by atoms with Crippen LogP contribution >= 0.6 is 0 Å². The molecule has 0 aromatic heterocycles. The van der Waals surface area contributed by atoms with Crippen LogP contribution in [0.5, 0.6) is 0 Å². The Labute approximate surface area is 127 Å². The molecule has 1 aliphatic carbocycles. The number of piperidine rings is 1. The van der Waals surface area contributed by atoms with Crippen molar-refractivity contribution in [2.75, 3.05) is 13.1 Å². The van der Waals surface area contributed by atoms with Crippen molar-refractivity contribution in [3.8, 4) is 0 Å². The van der Waals surface area contributed by atoms with Gasteiger partial charge in [0.15, 0.2) is 0 Å². The smallest absolute Gasteiger partial charge is 0.123 e. The van der Waals surface area contributed by atoms with E-state index in [9.17, 15) is 4.39 Å². The van der Waals surface area contributed by atoms with Crippen LogP contribution in [0.2, 0.25) is 0 Å². The van der Waals surface area contributed by atoms with Crippen LogP contribution < -0.4 is 0 Å². The van der Waals surface area contributed by atoms with Crippen LogP contribution in [0.1, 0.15) is 45.2 Å². The largest absolute Gasteiger partial charge is 0.296 e. The quantitative estimate of drug-likeness (QED) is 0.732. The third-order valence-corrected chi connectivity index (χ3v) is 5.82. The van der Waals surface area contributed by atoms with Crippen LogP contribution in [0.3, 0.4) is 0 Å². The lowest BCUT2D eigenvalue weighted by atomic mass is 9.59. The van der Waals surface area contributed by atoms with Gasteiger partial charge in [0.25, 0.3) is 0 Å². The van der Waals surface area contributed by atoms with Gasteiger partial charge in [-0.05, 0) is 67.8 Å². The lowest BCUT2D eigenvalue weighted by Gasteiger charge is -2.54. The summed E-state index contributed by atoms with van der Waals surface area (Å²) in [5.41, 5.74) is 4.12. The fourth-order valence-electron chi connectivity index (χ4n) is 4.21. The average Bonchev–Trinajstić information content (AvgIpc) is 2.43. The molecule has 3 atom stereocenters. The predicted molar refractivity (Wildman–Crippen MR) is 86.0 cm³/mol. The first-order chi connectivity index (χ1) is 9.91. The number of hydrogen-bond acceptors (Lipinski definition) is 1. The maximum atomic E-state index is 13.7. The molecule has 1 nitrogen and oxygen atoms in total. The number of fused-ring (bicyclic) bond motifs is 4. The summed E-state index contributed by atoms with van der Waals surface area (Å²) in [4.78, 5) is 2.62. The highest BCUT2D eigenvalue weighted by atomic mass is 19.1. The highest BCUT2D eigenvalue weighted by molar-refractivity contribution is 5.40. The third-order valence-electron chi connectivity index (χ3n) is 5.82. The number of benzene rings is 1. The molecule has 2 heteroatoms. The predicted octanol–water partition coefficient (Wildman–Crippen LogP) is 4.32. The fraction of sp³-hybridized carbons (Fsp3) is 0.579. The van der Waals surface area contributed by atoms with E-state index in [1.54, 1.807) is 12.1 Å². The topological polar surface area (TPSA) is 3.24 Å². The molecule has 1 aliphatic heterocycles. The van der Waals surface area contributed by atoms with Crippen molar-refractivity contribution in [3.05, 3.63) is 46.8 Å². The Morgan fingerprint density at radius 2 is 2.19 bits per heavy atom. The first-order valence-corrected chi connectivity index (χ1v) is 8.08. The molecule has 1 heterocycles.